The second-order valence-corrected chi connectivity index (χ2v) is 4.17. The molecule has 1 saturated carbocycles. The van der Waals surface area contributed by atoms with E-state index >= 15 is 0 Å². The molecule has 2 unspecified atom stereocenters. The van der Waals surface area contributed by atoms with Gasteiger partial charge in [0.05, 0.1) is 6.10 Å². The summed E-state index contributed by atoms with van der Waals surface area (Å²) in [5.41, 5.74) is 0. The monoisotopic (exact) mass is 170 g/mol. The van der Waals surface area contributed by atoms with Crippen LogP contribution in [0.1, 0.15) is 19.3 Å². The Labute approximate surface area is 73.8 Å². The molecule has 0 aromatic rings. The summed E-state index contributed by atoms with van der Waals surface area (Å²) in [5.74, 6) is 0. The van der Waals surface area contributed by atoms with Crippen molar-refractivity contribution in [2.45, 2.75) is 37.5 Å². The number of aliphatic hydroxyl groups is 1. The normalized spacial score (nSPS) is 36.2. The number of hydrogen-bond donors (Lipinski definition) is 2. The van der Waals surface area contributed by atoms with Crippen LogP contribution in [0.15, 0.2) is 0 Å². The van der Waals surface area contributed by atoms with Gasteiger partial charge in [-0.2, -0.15) is 0 Å². The van der Waals surface area contributed by atoms with E-state index in [1.807, 2.05) is 0 Å². The Kier molecular flexibility index (Phi) is 2.35. The molecular weight excluding hydrogens is 152 g/mol. The molecule has 2 N–H and O–H groups in total. The zero-order chi connectivity index (χ0) is 8.55. The fourth-order valence-corrected chi connectivity index (χ4v) is 1.95. The van der Waals surface area contributed by atoms with Crippen molar-refractivity contribution in [1.82, 2.24) is 10.2 Å². The summed E-state index contributed by atoms with van der Waals surface area (Å²) in [6.45, 7) is 1.88. The fourth-order valence-electron chi connectivity index (χ4n) is 1.95. The van der Waals surface area contributed by atoms with Crippen LogP contribution in [0.25, 0.3) is 0 Å². The molecule has 3 heteroatoms. The van der Waals surface area contributed by atoms with Gasteiger partial charge in [0.15, 0.2) is 0 Å². The lowest BCUT2D eigenvalue weighted by molar-refractivity contribution is 0.189. The Bertz CT molecular complexity index is 159. The van der Waals surface area contributed by atoms with Crippen molar-refractivity contribution in [2.75, 3.05) is 20.1 Å². The standard InChI is InChI=1S/C9H18N2O/c1-11(8-2-3-8)6-7-4-9(12)5-10-7/h7-10,12H,2-6H2,1H3. The van der Waals surface area contributed by atoms with Crippen molar-refractivity contribution in [2.24, 2.45) is 0 Å². The highest BCUT2D eigenvalue weighted by Gasteiger charge is 2.30. The Morgan fingerprint density at radius 2 is 2.25 bits per heavy atom. The molecule has 2 fully saturated rings. The summed E-state index contributed by atoms with van der Waals surface area (Å²) < 4.78 is 0. The van der Waals surface area contributed by atoms with Gasteiger partial charge >= 0.3 is 0 Å². The largest absolute Gasteiger partial charge is 0.392 e. The minimum absolute atomic E-state index is 0.109. The first-order valence-corrected chi connectivity index (χ1v) is 4.87. The number of hydrogen-bond acceptors (Lipinski definition) is 3. The molecule has 1 heterocycles. The number of rotatable bonds is 3. The quantitative estimate of drug-likeness (QED) is 0.616. The van der Waals surface area contributed by atoms with Crippen LogP contribution >= 0.6 is 0 Å². The van der Waals surface area contributed by atoms with Crippen molar-refractivity contribution in [3.8, 4) is 0 Å². The van der Waals surface area contributed by atoms with Crippen LogP contribution in [0.2, 0.25) is 0 Å². The van der Waals surface area contributed by atoms with Gasteiger partial charge in [-0.25, -0.2) is 0 Å². The van der Waals surface area contributed by atoms with Crippen molar-refractivity contribution >= 4 is 0 Å². The van der Waals surface area contributed by atoms with E-state index in [0.29, 0.717) is 6.04 Å². The van der Waals surface area contributed by atoms with Crippen LogP contribution in [0.4, 0.5) is 0 Å². The SMILES string of the molecule is CN(CC1CC(O)CN1)C1CC1. The average molecular weight is 170 g/mol. The van der Waals surface area contributed by atoms with Gasteiger partial charge < -0.3 is 15.3 Å². The predicted octanol–water partition coefficient (Wildman–Crippen LogP) is -0.197. The third-order valence-corrected chi connectivity index (χ3v) is 2.88. The van der Waals surface area contributed by atoms with E-state index in [1.165, 1.54) is 12.8 Å². The van der Waals surface area contributed by atoms with Crippen LogP contribution in [0.3, 0.4) is 0 Å². The van der Waals surface area contributed by atoms with E-state index in [0.717, 1.165) is 25.6 Å². The molecule has 0 spiro atoms. The Hall–Kier alpha value is -0.120. The van der Waals surface area contributed by atoms with E-state index in [-0.39, 0.29) is 6.10 Å². The fraction of sp³-hybridized carbons (Fsp3) is 1.00. The summed E-state index contributed by atoms with van der Waals surface area (Å²) in [5, 5.41) is 12.6. The third kappa shape index (κ3) is 1.97. The molecule has 2 atom stereocenters. The third-order valence-electron chi connectivity index (χ3n) is 2.88. The van der Waals surface area contributed by atoms with Crippen LogP contribution in [-0.4, -0.2) is 48.3 Å². The van der Waals surface area contributed by atoms with Crippen molar-refractivity contribution in [1.29, 1.82) is 0 Å². The number of nitrogens with zero attached hydrogens (tertiary/aromatic N) is 1. The smallest absolute Gasteiger partial charge is 0.0680 e. The molecule has 1 saturated heterocycles. The van der Waals surface area contributed by atoms with Crippen LogP contribution in [-0.2, 0) is 0 Å². The van der Waals surface area contributed by atoms with Crippen LogP contribution in [0, 0.1) is 0 Å². The molecule has 1 aliphatic heterocycles. The lowest BCUT2D eigenvalue weighted by atomic mass is 10.2. The minimum Gasteiger partial charge on any atom is -0.392 e. The molecule has 0 amide bonds. The molecule has 70 valence electrons. The van der Waals surface area contributed by atoms with Crippen LogP contribution < -0.4 is 5.32 Å². The second kappa shape index (κ2) is 3.32. The van der Waals surface area contributed by atoms with Gasteiger partial charge in [-0.15, -0.1) is 0 Å². The summed E-state index contributed by atoms with van der Waals surface area (Å²) >= 11 is 0. The van der Waals surface area contributed by atoms with E-state index < -0.39 is 0 Å². The van der Waals surface area contributed by atoms with E-state index in [2.05, 4.69) is 17.3 Å². The average Bonchev–Trinajstić information content (AvgIpc) is 2.78. The number of aliphatic hydroxyl groups excluding tert-OH is 1. The highest BCUT2D eigenvalue weighted by Crippen LogP contribution is 2.25. The Morgan fingerprint density at radius 3 is 2.75 bits per heavy atom. The van der Waals surface area contributed by atoms with Gasteiger partial charge in [-0.1, -0.05) is 0 Å². The highest BCUT2D eigenvalue weighted by atomic mass is 16.3. The Balaban J connectivity index is 1.71. The molecule has 1 aliphatic carbocycles. The molecular formula is C9H18N2O. The van der Waals surface area contributed by atoms with Gasteiger partial charge in [0, 0.05) is 25.2 Å². The maximum atomic E-state index is 9.29. The van der Waals surface area contributed by atoms with E-state index in [9.17, 15) is 5.11 Å². The van der Waals surface area contributed by atoms with Crippen molar-refractivity contribution in [3.05, 3.63) is 0 Å². The molecule has 0 aromatic carbocycles. The van der Waals surface area contributed by atoms with Gasteiger partial charge in [0.2, 0.25) is 0 Å². The zero-order valence-corrected chi connectivity index (χ0v) is 7.66. The molecule has 3 nitrogen and oxygen atoms in total. The van der Waals surface area contributed by atoms with Gasteiger partial charge in [0.25, 0.3) is 0 Å². The lowest BCUT2D eigenvalue weighted by Crippen LogP contribution is -2.36. The number of likely N-dealkylation sites (N-methyl/N-ethyl adjacent to an activating group) is 1. The van der Waals surface area contributed by atoms with E-state index in [4.69, 9.17) is 0 Å². The highest BCUT2D eigenvalue weighted by molar-refractivity contribution is 4.88. The summed E-state index contributed by atoms with van der Waals surface area (Å²) in [6, 6.07) is 1.36. The molecule has 12 heavy (non-hydrogen) atoms. The molecule has 2 rings (SSSR count). The first-order chi connectivity index (χ1) is 5.75. The maximum absolute atomic E-state index is 9.29. The van der Waals surface area contributed by atoms with Gasteiger partial charge in [-0.3, -0.25) is 0 Å². The predicted molar refractivity (Wildman–Crippen MR) is 48.1 cm³/mol. The molecule has 2 aliphatic rings. The van der Waals surface area contributed by atoms with Crippen molar-refractivity contribution < 1.29 is 5.11 Å². The number of nitrogens with one attached hydrogen (secondary N) is 1. The molecule has 0 radical (unpaired) electrons. The summed E-state index contributed by atoms with van der Waals surface area (Å²) in [7, 11) is 2.18. The summed E-state index contributed by atoms with van der Waals surface area (Å²) in [4.78, 5) is 2.41. The summed E-state index contributed by atoms with van der Waals surface area (Å²) in [6.07, 6.45) is 3.55. The van der Waals surface area contributed by atoms with Crippen LogP contribution in [0.5, 0.6) is 0 Å². The Morgan fingerprint density at radius 1 is 1.50 bits per heavy atom. The van der Waals surface area contributed by atoms with Gasteiger partial charge in [-0.05, 0) is 26.3 Å². The van der Waals surface area contributed by atoms with Gasteiger partial charge in [0.1, 0.15) is 0 Å². The first-order valence-electron chi connectivity index (χ1n) is 4.87. The maximum Gasteiger partial charge on any atom is 0.0680 e. The molecule has 0 bridgehead atoms. The van der Waals surface area contributed by atoms with E-state index in [1.54, 1.807) is 0 Å². The second-order valence-electron chi connectivity index (χ2n) is 4.17. The topological polar surface area (TPSA) is 35.5 Å². The minimum atomic E-state index is -0.109. The number of β-amino-alcohol motifs (C(OH)–C–C–N with tert-alkyl or cyclic N) is 1. The zero-order valence-electron chi connectivity index (χ0n) is 7.66. The lowest BCUT2D eigenvalue weighted by Gasteiger charge is -2.20. The first kappa shape index (κ1) is 8.48. The van der Waals surface area contributed by atoms with Crippen molar-refractivity contribution in [3.63, 3.8) is 0 Å². The molecule has 0 aromatic heterocycles.